The number of aryl methyl sites for hydroxylation is 2. The molecule has 5 heterocycles. The fourth-order valence-electron chi connectivity index (χ4n) is 6.61. The van der Waals surface area contributed by atoms with Gasteiger partial charge in [-0.3, -0.25) is 14.3 Å². The van der Waals surface area contributed by atoms with E-state index in [2.05, 4.69) is 15.7 Å². The number of carbonyl (C=O) groups is 4. The highest BCUT2D eigenvalue weighted by Crippen LogP contribution is 2.45. The van der Waals surface area contributed by atoms with Crippen LogP contribution in [0.5, 0.6) is 5.88 Å². The van der Waals surface area contributed by atoms with E-state index >= 15 is 0 Å². The fraction of sp³-hybridized carbons (Fsp3) is 0.559. The first-order chi connectivity index (χ1) is 23.2. The van der Waals surface area contributed by atoms with Gasteiger partial charge < -0.3 is 30.1 Å². The zero-order valence-electron chi connectivity index (χ0n) is 28.4. The van der Waals surface area contributed by atoms with E-state index in [1.807, 2.05) is 43.6 Å². The summed E-state index contributed by atoms with van der Waals surface area (Å²) in [5, 5.41) is 22.0. The molecular formula is C34H43N7O7S. The number of amides is 3. The van der Waals surface area contributed by atoms with Gasteiger partial charge in [0.1, 0.15) is 39.7 Å². The molecule has 2 aliphatic heterocycles. The van der Waals surface area contributed by atoms with Gasteiger partial charge in [-0.05, 0) is 70.9 Å². The third-order valence-corrected chi connectivity index (χ3v) is 9.99. The zero-order chi connectivity index (χ0) is 35.1. The maximum atomic E-state index is 14.3. The van der Waals surface area contributed by atoms with Crippen molar-refractivity contribution in [2.75, 3.05) is 6.54 Å². The first-order valence-electron chi connectivity index (χ1n) is 16.7. The van der Waals surface area contributed by atoms with Crippen LogP contribution < -0.4 is 15.4 Å². The van der Waals surface area contributed by atoms with Gasteiger partial charge in [0.15, 0.2) is 5.82 Å². The molecule has 0 unspecified atom stereocenters. The van der Waals surface area contributed by atoms with Crippen LogP contribution in [0.15, 0.2) is 29.7 Å². The Balaban J connectivity index is 1.32. The smallest absolute Gasteiger partial charge is 0.408 e. The van der Waals surface area contributed by atoms with Crippen LogP contribution in [0.1, 0.15) is 71.4 Å². The second-order valence-corrected chi connectivity index (χ2v) is 15.0. The molecule has 3 aromatic rings. The molecule has 1 saturated carbocycles. The van der Waals surface area contributed by atoms with E-state index in [1.165, 1.54) is 16.2 Å². The molecule has 0 spiro atoms. The fourth-order valence-corrected chi connectivity index (χ4v) is 7.37. The normalized spacial score (nSPS) is 26.9. The Morgan fingerprint density at radius 1 is 1.18 bits per heavy atom. The van der Waals surface area contributed by atoms with Crippen LogP contribution in [0.4, 0.5) is 4.79 Å². The Hall–Kier alpha value is -4.53. The molecule has 5 atom stereocenters. The highest BCUT2D eigenvalue weighted by atomic mass is 32.1. The quantitative estimate of drug-likeness (QED) is 0.330. The number of alkyl carbamates (subject to hydrolysis) is 1. The topological polar surface area (TPSA) is 178 Å². The SMILES string of the molecule is Cc1cc(-c2nc(O[C@@H]3C[C@H]4C(=O)N[C@]5(C(=O)O)C[C@H]5/C=C/CCCCC[C@H](NC(=O)OC(C)(C)C)C(=O)N4C3)c3sccc3n2)n(C)n1. The van der Waals surface area contributed by atoms with E-state index in [4.69, 9.17) is 19.4 Å². The molecule has 1 aliphatic carbocycles. The van der Waals surface area contributed by atoms with Gasteiger partial charge >= 0.3 is 12.1 Å². The summed E-state index contributed by atoms with van der Waals surface area (Å²) in [6.07, 6.45) is 6.16. The van der Waals surface area contributed by atoms with Crippen molar-refractivity contribution in [3.63, 3.8) is 0 Å². The van der Waals surface area contributed by atoms with Gasteiger partial charge in [-0.2, -0.15) is 10.1 Å². The Kier molecular flexibility index (Phi) is 9.40. The summed E-state index contributed by atoms with van der Waals surface area (Å²) in [6, 6.07) is 1.74. The second kappa shape index (κ2) is 13.4. The van der Waals surface area contributed by atoms with Crippen LogP contribution in [0.2, 0.25) is 0 Å². The third kappa shape index (κ3) is 7.41. The lowest BCUT2D eigenvalue weighted by Crippen LogP contribution is -2.56. The monoisotopic (exact) mass is 693 g/mol. The summed E-state index contributed by atoms with van der Waals surface area (Å²) >= 11 is 1.41. The number of rotatable bonds is 5. The van der Waals surface area contributed by atoms with Crippen molar-refractivity contribution in [2.24, 2.45) is 13.0 Å². The minimum absolute atomic E-state index is 0.0177. The Morgan fingerprint density at radius 3 is 2.69 bits per heavy atom. The predicted octanol–water partition coefficient (Wildman–Crippen LogP) is 4.12. The maximum absolute atomic E-state index is 14.3. The second-order valence-electron chi connectivity index (χ2n) is 14.1. The first kappa shape index (κ1) is 34.3. The minimum atomic E-state index is -1.44. The van der Waals surface area contributed by atoms with Gasteiger partial charge in [0.25, 0.3) is 0 Å². The van der Waals surface area contributed by atoms with E-state index in [1.54, 1.807) is 25.5 Å². The summed E-state index contributed by atoms with van der Waals surface area (Å²) < 4.78 is 14.4. The molecule has 262 valence electrons. The number of nitrogens with one attached hydrogen (secondary N) is 2. The average molecular weight is 694 g/mol. The number of nitrogens with zero attached hydrogens (tertiary/aromatic N) is 5. The van der Waals surface area contributed by atoms with Crippen molar-refractivity contribution in [1.29, 1.82) is 0 Å². The molecular weight excluding hydrogens is 650 g/mol. The molecule has 0 aromatic carbocycles. The molecule has 3 amide bonds. The number of hydrogen-bond acceptors (Lipinski definition) is 10. The highest BCUT2D eigenvalue weighted by molar-refractivity contribution is 7.17. The number of hydrogen-bond donors (Lipinski definition) is 3. The Labute approximate surface area is 288 Å². The number of allylic oxidation sites excluding steroid dienone is 1. The summed E-state index contributed by atoms with van der Waals surface area (Å²) in [5.41, 5.74) is -0.0317. The lowest BCUT2D eigenvalue weighted by atomic mass is 10.0. The standard InChI is InChI=1S/C34H43N7O7S/c1-19-15-24(40(5)39-19)27-35-22-13-14-49-26(22)29(37-27)47-21-16-25-28(42)38-34(31(44)45)17-20(34)11-9-7-6-8-10-12-23(30(43)41(25)18-21)36-32(46)48-33(2,3)4/h9,11,13-15,20-21,23,25H,6-8,10,12,16-18H2,1-5H3,(H,36,46)(H,38,42)(H,44,45)/b11-9+/t20-,21-,23+,25+,34-/m1/s1. The van der Waals surface area contributed by atoms with Gasteiger partial charge in [-0.25, -0.2) is 14.6 Å². The number of carbonyl (C=O) groups excluding carboxylic acids is 3. The lowest BCUT2D eigenvalue weighted by molar-refractivity contribution is -0.145. The molecule has 15 heteroatoms. The van der Waals surface area contributed by atoms with Crippen LogP contribution >= 0.6 is 11.3 Å². The van der Waals surface area contributed by atoms with Gasteiger partial charge in [0.2, 0.25) is 17.7 Å². The molecule has 1 saturated heterocycles. The van der Waals surface area contributed by atoms with Crippen molar-refractivity contribution in [3.05, 3.63) is 35.4 Å². The van der Waals surface area contributed by atoms with Gasteiger partial charge in [0.05, 0.1) is 17.8 Å². The molecule has 2 fully saturated rings. The van der Waals surface area contributed by atoms with E-state index in [0.717, 1.165) is 25.0 Å². The molecule has 0 bridgehead atoms. The Bertz CT molecular complexity index is 1800. The van der Waals surface area contributed by atoms with Crippen molar-refractivity contribution in [2.45, 2.75) is 102 Å². The summed E-state index contributed by atoms with van der Waals surface area (Å²) in [5.74, 6) is -1.78. The van der Waals surface area contributed by atoms with Crippen molar-refractivity contribution in [1.82, 2.24) is 35.3 Å². The van der Waals surface area contributed by atoms with Gasteiger partial charge in [0, 0.05) is 19.4 Å². The van der Waals surface area contributed by atoms with Crippen molar-refractivity contribution < 1.29 is 33.8 Å². The largest absolute Gasteiger partial charge is 0.479 e. The maximum Gasteiger partial charge on any atom is 0.408 e. The predicted molar refractivity (Wildman–Crippen MR) is 181 cm³/mol. The number of aliphatic carboxylic acids is 1. The minimum Gasteiger partial charge on any atom is -0.479 e. The first-order valence-corrected chi connectivity index (χ1v) is 17.6. The van der Waals surface area contributed by atoms with Crippen molar-refractivity contribution in [3.8, 4) is 17.4 Å². The number of carboxylic acid groups (broad SMARTS) is 1. The molecule has 0 radical (unpaired) electrons. The molecule has 14 nitrogen and oxygen atoms in total. The van der Waals surface area contributed by atoms with Crippen LogP contribution in [0.25, 0.3) is 21.7 Å². The van der Waals surface area contributed by atoms with E-state index in [0.29, 0.717) is 40.5 Å². The van der Waals surface area contributed by atoms with Gasteiger partial charge in [-0.15, -0.1) is 11.3 Å². The molecule has 3 aliphatic rings. The van der Waals surface area contributed by atoms with Crippen LogP contribution in [-0.4, -0.2) is 89.5 Å². The average Bonchev–Trinajstić information content (AvgIpc) is 3.34. The lowest BCUT2D eigenvalue weighted by Gasteiger charge is -2.30. The van der Waals surface area contributed by atoms with E-state index < -0.39 is 53.2 Å². The van der Waals surface area contributed by atoms with Gasteiger partial charge in [-0.1, -0.05) is 25.0 Å². The summed E-state index contributed by atoms with van der Waals surface area (Å²) in [6.45, 7) is 7.12. The van der Waals surface area contributed by atoms with E-state index in [9.17, 15) is 24.3 Å². The summed E-state index contributed by atoms with van der Waals surface area (Å²) in [7, 11) is 1.81. The Morgan fingerprint density at radius 2 is 1.98 bits per heavy atom. The summed E-state index contributed by atoms with van der Waals surface area (Å²) in [4.78, 5) is 64.5. The van der Waals surface area contributed by atoms with Crippen LogP contribution in [-0.2, 0) is 26.2 Å². The molecule has 3 N–H and O–H groups in total. The number of aromatic nitrogens is 4. The molecule has 6 rings (SSSR count). The zero-order valence-corrected chi connectivity index (χ0v) is 29.2. The molecule has 3 aromatic heterocycles. The number of carboxylic acids is 1. The van der Waals surface area contributed by atoms with E-state index in [-0.39, 0.29) is 25.3 Å². The molecule has 49 heavy (non-hydrogen) atoms. The number of thiophene rings is 1. The number of fused-ring (bicyclic) bond motifs is 3. The highest BCUT2D eigenvalue weighted by Gasteiger charge is 2.61. The van der Waals surface area contributed by atoms with Crippen molar-refractivity contribution >= 4 is 45.4 Å². The number of ether oxygens (including phenoxy) is 2. The van der Waals surface area contributed by atoms with Crippen LogP contribution in [0.3, 0.4) is 0 Å². The van der Waals surface area contributed by atoms with Crippen LogP contribution in [0, 0.1) is 12.8 Å². The third-order valence-electron chi connectivity index (χ3n) is 9.09.